The molecule has 1 atom stereocenters. The van der Waals surface area contributed by atoms with Crippen LogP contribution in [0.5, 0.6) is 0 Å². The number of hydrogen-bond donors (Lipinski definition) is 3. The number of imidazole rings is 1. The summed E-state index contributed by atoms with van der Waals surface area (Å²) in [6, 6.07) is 14.3. The molecule has 8 nitrogen and oxygen atoms in total. The van der Waals surface area contributed by atoms with E-state index in [4.69, 9.17) is 4.74 Å². The van der Waals surface area contributed by atoms with Gasteiger partial charge in [0.2, 0.25) is 15.9 Å². The molecule has 2 aromatic carbocycles. The number of carbonyl (C=O) groups excluding carboxylic acids is 1. The van der Waals surface area contributed by atoms with Gasteiger partial charge in [-0.2, -0.15) is 0 Å². The van der Waals surface area contributed by atoms with Crippen LogP contribution in [-0.2, 0) is 26.2 Å². The van der Waals surface area contributed by atoms with E-state index in [1.54, 1.807) is 18.2 Å². The number of anilines is 1. The molecule has 0 aliphatic rings. The lowest BCUT2D eigenvalue weighted by molar-refractivity contribution is -0.129. The molecular formula is C22H28N4O4S. The number of aromatic amines is 1. The van der Waals surface area contributed by atoms with Crippen molar-refractivity contribution >= 4 is 32.7 Å². The van der Waals surface area contributed by atoms with Gasteiger partial charge in [0.25, 0.3) is 0 Å². The topological polar surface area (TPSA) is 113 Å². The molecule has 0 saturated heterocycles. The summed E-state index contributed by atoms with van der Waals surface area (Å²) < 4.78 is 31.3. The van der Waals surface area contributed by atoms with Crippen LogP contribution in [-0.4, -0.2) is 37.2 Å². The zero-order chi connectivity index (χ0) is 22.6. The number of rotatable bonds is 8. The van der Waals surface area contributed by atoms with E-state index in [0.29, 0.717) is 29.2 Å². The van der Waals surface area contributed by atoms with Crippen molar-refractivity contribution in [1.82, 2.24) is 15.3 Å². The zero-order valence-corrected chi connectivity index (χ0v) is 18.9. The Hall–Kier alpha value is -2.91. The van der Waals surface area contributed by atoms with Crippen molar-refractivity contribution in [3.63, 3.8) is 0 Å². The maximum atomic E-state index is 12.6. The summed E-state index contributed by atoms with van der Waals surface area (Å²) in [5, 5.41) is 3.00. The van der Waals surface area contributed by atoms with Gasteiger partial charge in [0.1, 0.15) is 11.9 Å². The first-order valence-corrected chi connectivity index (χ1v) is 11.8. The molecule has 31 heavy (non-hydrogen) atoms. The minimum absolute atomic E-state index is 0.124. The maximum absolute atomic E-state index is 12.6. The fourth-order valence-corrected chi connectivity index (χ4v) is 3.46. The lowest BCUT2D eigenvalue weighted by Crippen LogP contribution is -2.39. The minimum Gasteiger partial charge on any atom is -0.374 e. The smallest absolute Gasteiger partial charge is 0.229 e. The van der Waals surface area contributed by atoms with Crippen LogP contribution >= 0.6 is 0 Å². The van der Waals surface area contributed by atoms with Gasteiger partial charge in [0, 0.05) is 5.41 Å². The summed E-state index contributed by atoms with van der Waals surface area (Å²) in [5.74, 6) is 0.415. The predicted octanol–water partition coefficient (Wildman–Crippen LogP) is 3.35. The van der Waals surface area contributed by atoms with Crippen LogP contribution in [0.3, 0.4) is 0 Å². The van der Waals surface area contributed by atoms with E-state index in [2.05, 4.69) is 20.0 Å². The molecular weight excluding hydrogens is 416 g/mol. The highest BCUT2D eigenvalue weighted by atomic mass is 32.2. The molecule has 0 aliphatic heterocycles. The number of sulfonamides is 1. The predicted molar refractivity (Wildman–Crippen MR) is 121 cm³/mol. The summed E-state index contributed by atoms with van der Waals surface area (Å²) in [4.78, 5) is 20.4. The Morgan fingerprint density at radius 2 is 1.87 bits per heavy atom. The fourth-order valence-electron chi connectivity index (χ4n) is 2.90. The van der Waals surface area contributed by atoms with Crippen LogP contribution in [0.2, 0.25) is 0 Å². The highest BCUT2D eigenvalue weighted by Gasteiger charge is 2.26. The second-order valence-electron chi connectivity index (χ2n) is 8.50. The first kappa shape index (κ1) is 22.8. The van der Waals surface area contributed by atoms with Gasteiger partial charge in [-0.1, -0.05) is 51.1 Å². The summed E-state index contributed by atoms with van der Waals surface area (Å²) in [7, 11) is -3.39. The average molecular weight is 445 g/mol. The largest absolute Gasteiger partial charge is 0.374 e. The molecule has 0 radical (unpaired) electrons. The molecule has 0 unspecified atom stereocenters. The Labute approximate surface area is 182 Å². The number of H-pyrrole nitrogens is 1. The Kier molecular flexibility index (Phi) is 6.66. The number of carbonyl (C=O) groups is 1. The van der Waals surface area contributed by atoms with E-state index >= 15 is 0 Å². The second kappa shape index (κ2) is 9.07. The molecule has 0 fully saturated rings. The quantitative estimate of drug-likeness (QED) is 0.493. The van der Waals surface area contributed by atoms with E-state index in [9.17, 15) is 13.2 Å². The number of nitrogens with zero attached hydrogens (tertiary/aromatic N) is 1. The van der Waals surface area contributed by atoms with Crippen molar-refractivity contribution in [3.8, 4) is 0 Å². The third-order valence-electron chi connectivity index (χ3n) is 4.52. The molecule has 0 aliphatic carbocycles. The Morgan fingerprint density at radius 1 is 1.16 bits per heavy atom. The number of amides is 1. The average Bonchev–Trinajstić information content (AvgIpc) is 3.09. The molecule has 1 heterocycles. The number of benzene rings is 2. The number of ether oxygens (including phenoxy) is 1. The van der Waals surface area contributed by atoms with Gasteiger partial charge in [-0.3, -0.25) is 9.52 Å². The van der Waals surface area contributed by atoms with E-state index in [0.717, 1.165) is 11.8 Å². The van der Waals surface area contributed by atoms with Crippen molar-refractivity contribution in [2.24, 2.45) is 5.41 Å². The number of hydrogen-bond acceptors (Lipinski definition) is 5. The Bertz CT molecular complexity index is 1150. The first-order valence-electron chi connectivity index (χ1n) is 9.91. The normalized spacial score (nSPS) is 13.2. The van der Waals surface area contributed by atoms with Crippen molar-refractivity contribution in [1.29, 1.82) is 0 Å². The first-order chi connectivity index (χ1) is 14.5. The summed E-state index contributed by atoms with van der Waals surface area (Å²) >= 11 is 0. The van der Waals surface area contributed by atoms with Crippen LogP contribution in [0, 0.1) is 5.41 Å². The standard InChI is InChI=1S/C22H28N4O4S/c1-22(2,3)21(27)25-19(14-30-13-15-8-6-5-7-9-15)20-23-17-11-10-16(12-18(17)24-20)26-31(4,28)29/h5-12,19,26H,13-14H2,1-4H3,(H,23,24)(H,25,27)/t19-/m1/s1. The Balaban J connectivity index is 1.82. The Morgan fingerprint density at radius 3 is 2.52 bits per heavy atom. The van der Waals surface area contributed by atoms with Gasteiger partial charge >= 0.3 is 0 Å². The van der Waals surface area contributed by atoms with Gasteiger partial charge in [0.05, 0.1) is 36.2 Å². The van der Waals surface area contributed by atoms with Crippen molar-refractivity contribution in [2.45, 2.75) is 33.4 Å². The van der Waals surface area contributed by atoms with Crippen molar-refractivity contribution < 1.29 is 17.9 Å². The molecule has 3 N–H and O–H groups in total. The van der Waals surface area contributed by atoms with E-state index in [1.807, 2.05) is 51.1 Å². The molecule has 1 aromatic heterocycles. The summed E-state index contributed by atoms with van der Waals surface area (Å²) in [5.41, 5.74) is 2.20. The molecule has 0 spiro atoms. The third kappa shape index (κ3) is 6.53. The second-order valence-corrected chi connectivity index (χ2v) is 10.3. The number of nitrogens with one attached hydrogen (secondary N) is 3. The van der Waals surface area contributed by atoms with Crippen LogP contribution < -0.4 is 10.0 Å². The number of fused-ring (bicyclic) bond motifs is 1. The third-order valence-corrected chi connectivity index (χ3v) is 5.12. The lowest BCUT2D eigenvalue weighted by atomic mass is 9.95. The van der Waals surface area contributed by atoms with E-state index < -0.39 is 21.5 Å². The van der Waals surface area contributed by atoms with Crippen LogP contribution in [0.4, 0.5) is 5.69 Å². The highest BCUT2D eigenvalue weighted by molar-refractivity contribution is 7.92. The highest BCUT2D eigenvalue weighted by Crippen LogP contribution is 2.23. The molecule has 3 rings (SSSR count). The molecule has 3 aromatic rings. The summed E-state index contributed by atoms with van der Waals surface area (Å²) in [6.07, 6.45) is 1.09. The van der Waals surface area contributed by atoms with Crippen molar-refractivity contribution in [2.75, 3.05) is 17.6 Å². The minimum atomic E-state index is -3.39. The summed E-state index contributed by atoms with van der Waals surface area (Å²) in [6.45, 7) is 6.15. The SMILES string of the molecule is CC(C)(C)C(=O)N[C@H](COCc1ccccc1)c1nc2ccc(NS(C)(=O)=O)cc2[nH]1. The van der Waals surface area contributed by atoms with Crippen molar-refractivity contribution in [3.05, 3.63) is 59.9 Å². The maximum Gasteiger partial charge on any atom is 0.229 e. The fraction of sp³-hybridized carbons (Fsp3) is 0.364. The van der Waals surface area contributed by atoms with Gasteiger partial charge in [-0.05, 0) is 23.8 Å². The molecule has 9 heteroatoms. The van der Waals surface area contributed by atoms with Gasteiger partial charge in [0.15, 0.2) is 0 Å². The lowest BCUT2D eigenvalue weighted by Gasteiger charge is -2.23. The van der Waals surface area contributed by atoms with Crippen LogP contribution in [0.15, 0.2) is 48.5 Å². The molecule has 1 amide bonds. The molecule has 0 saturated carbocycles. The van der Waals surface area contributed by atoms with Gasteiger partial charge in [-0.25, -0.2) is 13.4 Å². The van der Waals surface area contributed by atoms with E-state index in [1.165, 1.54) is 0 Å². The number of aromatic nitrogens is 2. The molecule has 0 bridgehead atoms. The van der Waals surface area contributed by atoms with Crippen LogP contribution in [0.25, 0.3) is 11.0 Å². The van der Waals surface area contributed by atoms with E-state index in [-0.39, 0.29) is 12.5 Å². The van der Waals surface area contributed by atoms with Gasteiger partial charge < -0.3 is 15.0 Å². The zero-order valence-electron chi connectivity index (χ0n) is 18.1. The van der Waals surface area contributed by atoms with Gasteiger partial charge in [-0.15, -0.1) is 0 Å². The monoisotopic (exact) mass is 444 g/mol. The van der Waals surface area contributed by atoms with Crippen LogP contribution in [0.1, 0.15) is 38.2 Å². The molecule has 166 valence electrons.